The first-order valence-corrected chi connectivity index (χ1v) is 15.1. The van der Waals surface area contributed by atoms with Crippen molar-refractivity contribution in [2.75, 3.05) is 6.61 Å². The summed E-state index contributed by atoms with van der Waals surface area (Å²) in [6, 6.07) is 8.93. The van der Waals surface area contributed by atoms with Crippen LogP contribution in [0.2, 0.25) is 0 Å². The van der Waals surface area contributed by atoms with E-state index in [0.29, 0.717) is 0 Å². The molecular formula is C33H54O. The van der Waals surface area contributed by atoms with Gasteiger partial charge in [-0.3, -0.25) is 0 Å². The third kappa shape index (κ3) is 10.6. The first-order chi connectivity index (χ1) is 16.8. The molecule has 0 amide bonds. The Morgan fingerprint density at radius 3 is 1.85 bits per heavy atom. The van der Waals surface area contributed by atoms with Crippen molar-refractivity contribution in [3.05, 3.63) is 42.0 Å². The second-order valence-corrected chi connectivity index (χ2v) is 11.6. The van der Waals surface area contributed by atoms with Crippen LogP contribution in [-0.2, 0) is 6.42 Å². The minimum Gasteiger partial charge on any atom is -0.493 e. The molecule has 0 saturated heterocycles. The Bertz CT molecular complexity index is 644. The summed E-state index contributed by atoms with van der Waals surface area (Å²) >= 11 is 0. The van der Waals surface area contributed by atoms with Gasteiger partial charge in [0.15, 0.2) is 0 Å². The number of ether oxygens (including phenoxy) is 1. The highest BCUT2D eigenvalue weighted by atomic mass is 16.5. The van der Waals surface area contributed by atoms with E-state index >= 15 is 0 Å². The van der Waals surface area contributed by atoms with Crippen molar-refractivity contribution in [2.45, 2.75) is 129 Å². The largest absolute Gasteiger partial charge is 0.493 e. The van der Waals surface area contributed by atoms with Crippen LogP contribution in [-0.4, -0.2) is 6.61 Å². The molecule has 34 heavy (non-hydrogen) atoms. The maximum atomic E-state index is 6.16. The highest BCUT2D eigenvalue weighted by Crippen LogP contribution is 2.33. The number of hydrogen-bond acceptors (Lipinski definition) is 1. The zero-order valence-electron chi connectivity index (χ0n) is 22.6. The molecule has 3 rings (SSSR count). The van der Waals surface area contributed by atoms with Gasteiger partial charge in [-0.15, -0.1) is 0 Å². The van der Waals surface area contributed by atoms with Gasteiger partial charge in [0.1, 0.15) is 5.75 Å². The second kappa shape index (κ2) is 16.4. The van der Waals surface area contributed by atoms with E-state index in [-0.39, 0.29) is 0 Å². The summed E-state index contributed by atoms with van der Waals surface area (Å²) in [7, 11) is 0. The second-order valence-electron chi connectivity index (χ2n) is 11.6. The molecule has 1 heteroatoms. The van der Waals surface area contributed by atoms with Crippen molar-refractivity contribution in [3.63, 3.8) is 0 Å². The maximum Gasteiger partial charge on any atom is 0.119 e. The van der Waals surface area contributed by atoms with Gasteiger partial charge in [0, 0.05) is 0 Å². The molecule has 0 spiro atoms. The van der Waals surface area contributed by atoms with Crippen LogP contribution in [0.3, 0.4) is 0 Å². The fraction of sp³-hybridized carbons (Fsp3) is 0.758. The van der Waals surface area contributed by atoms with Crippen LogP contribution < -0.4 is 4.74 Å². The molecule has 0 heterocycles. The lowest BCUT2D eigenvalue weighted by Crippen LogP contribution is -2.20. The quantitative estimate of drug-likeness (QED) is 0.184. The average molecular weight is 467 g/mol. The molecule has 2 saturated carbocycles. The Labute approximate surface area is 212 Å². The van der Waals surface area contributed by atoms with Gasteiger partial charge in [-0.2, -0.15) is 0 Å². The maximum absolute atomic E-state index is 6.16. The number of hydrogen-bond donors (Lipinski definition) is 0. The molecule has 1 aromatic carbocycles. The third-order valence-electron chi connectivity index (χ3n) is 8.71. The number of unbranched alkanes of at least 4 members (excludes halogenated alkanes) is 4. The number of allylic oxidation sites excluding steroid dienone is 2. The van der Waals surface area contributed by atoms with Crippen molar-refractivity contribution < 1.29 is 4.74 Å². The van der Waals surface area contributed by atoms with Gasteiger partial charge in [0.25, 0.3) is 0 Å². The summed E-state index contributed by atoms with van der Waals surface area (Å²) in [6.07, 6.45) is 30.0. The normalized spacial score (nSPS) is 25.6. The Morgan fingerprint density at radius 1 is 0.706 bits per heavy atom. The topological polar surface area (TPSA) is 9.23 Å². The average Bonchev–Trinajstić information content (AvgIpc) is 2.88. The first-order valence-electron chi connectivity index (χ1n) is 15.1. The monoisotopic (exact) mass is 466 g/mol. The molecule has 0 aromatic heterocycles. The van der Waals surface area contributed by atoms with Gasteiger partial charge >= 0.3 is 0 Å². The number of rotatable bonds is 15. The Hall–Kier alpha value is -1.24. The zero-order valence-corrected chi connectivity index (χ0v) is 22.6. The summed E-state index contributed by atoms with van der Waals surface area (Å²) < 4.78 is 6.16. The summed E-state index contributed by atoms with van der Waals surface area (Å²) in [5, 5.41) is 0. The molecule has 0 aliphatic heterocycles. The van der Waals surface area contributed by atoms with E-state index in [0.717, 1.165) is 48.9 Å². The predicted molar refractivity (Wildman–Crippen MR) is 149 cm³/mol. The van der Waals surface area contributed by atoms with Crippen molar-refractivity contribution in [3.8, 4) is 5.75 Å². The minimum absolute atomic E-state index is 0.763. The van der Waals surface area contributed by atoms with Crippen LogP contribution in [0, 0.1) is 23.7 Å². The van der Waals surface area contributed by atoms with Crippen LogP contribution in [0.4, 0.5) is 0 Å². The van der Waals surface area contributed by atoms with E-state index < -0.39 is 0 Å². The van der Waals surface area contributed by atoms with E-state index in [1.54, 1.807) is 0 Å². The minimum atomic E-state index is 0.763. The Morgan fingerprint density at radius 2 is 1.26 bits per heavy atom. The van der Waals surface area contributed by atoms with Gasteiger partial charge in [-0.05, 0) is 92.7 Å². The Balaban J connectivity index is 1.25. The summed E-state index contributed by atoms with van der Waals surface area (Å²) in [5.41, 5.74) is 1.43. The highest BCUT2D eigenvalue weighted by molar-refractivity contribution is 5.27. The molecule has 0 atom stereocenters. The van der Waals surface area contributed by atoms with Crippen molar-refractivity contribution >= 4 is 0 Å². The van der Waals surface area contributed by atoms with Crippen LogP contribution in [0.5, 0.6) is 5.75 Å². The van der Waals surface area contributed by atoms with E-state index in [2.05, 4.69) is 50.3 Å². The molecule has 0 unspecified atom stereocenters. The molecular weight excluding hydrogens is 412 g/mol. The number of aryl methyl sites for hydroxylation is 1. The molecule has 2 aliphatic rings. The summed E-state index contributed by atoms with van der Waals surface area (Å²) in [4.78, 5) is 0. The lowest BCUT2D eigenvalue weighted by Gasteiger charge is -2.28. The van der Waals surface area contributed by atoms with Gasteiger partial charge in [0.2, 0.25) is 0 Å². The van der Waals surface area contributed by atoms with Crippen LogP contribution in [0.15, 0.2) is 36.4 Å². The first kappa shape index (κ1) is 27.3. The van der Waals surface area contributed by atoms with E-state index in [1.165, 1.54) is 108 Å². The van der Waals surface area contributed by atoms with Crippen LogP contribution in [0.1, 0.15) is 129 Å². The molecule has 1 nitrogen and oxygen atoms in total. The molecule has 0 bridgehead atoms. The predicted octanol–water partition coefficient (Wildman–Crippen LogP) is 10.3. The van der Waals surface area contributed by atoms with Crippen molar-refractivity contribution in [1.82, 2.24) is 0 Å². The highest BCUT2D eigenvalue weighted by Gasteiger charge is 2.21. The van der Waals surface area contributed by atoms with E-state index in [9.17, 15) is 0 Å². The Kier molecular flexibility index (Phi) is 13.2. The lowest BCUT2D eigenvalue weighted by atomic mass is 9.79. The van der Waals surface area contributed by atoms with Gasteiger partial charge < -0.3 is 4.74 Å². The molecule has 2 aliphatic carbocycles. The van der Waals surface area contributed by atoms with Crippen LogP contribution >= 0.6 is 0 Å². The van der Waals surface area contributed by atoms with Gasteiger partial charge in [-0.1, -0.05) is 102 Å². The van der Waals surface area contributed by atoms with Gasteiger partial charge in [-0.25, -0.2) is 0 Å². The summed E-state index contributed by atoms with van der Waals surface area (Å²) in [6.45, 7) is 5.52. The fourth-order valence-electron chi connectivity index (χ4n) is 6.23. The molecule has 0 radical (unpaired) electrons. The molecule has 1 aromatic rings. The van der Waals surface area contributed by atoms with E-state index in [4.69, 9.17) is 4.74 Å². The van der Waals surface area contributed by atoms with Crippen molar-refractivity contribution in [2.24, 2.45) is 23.7 Å². The molecule has 0 N–H and O–H groups in total. The third-order valence-corrected chi connectivity index (χ3v) is 8.71. The standard InChI is InChI=1S/C33H54O/c1-3-5-7-11-28-15-17-30(18-16-28)13-9-10-14-31-23-25-33(26-24-31)34-27-32-21-19-29(20-22-32)12-8-6-4-2/h9,13,23-26,28-30,32H,3-8,10-12,14-22,27H2,1-2H3. The van der Waals surface area contributed by atoms with Gasteiger partial charge in [0.05, 0.1) is 6.61 Å². The summed E-state index contributed by atoms with van der Waals surface area (Å²) in [5.74, 6) is 4.66. The molecule has 2 fully saturated rings. The lowest BCUT2D eigenvalue weighted by molar-refractivity contribution is 0.177. The molecule has 192 valence electrons. The SMILES string of the molecule is CCCCCC1CCC(C=CCCc2ccc(OCC3CCC(CCCCC)CC3)cc2)CC1. The van der Waals surface area contributed by atoms with Crippen LogP contribution in [0.25, 0.3) is 0 Å². The van der Waals surface area contributed by atoms with Crippen molar-refractivity contribution in [1.29, 1.82) is 0 Å². The smallest absolute Gasteiger partial charge is 0.119 e. The van der Waals surface area contributed by atoms with E-state index in [1.807, 2.05) is 0 Å². The fourth-order valence-corrected chi connectivity index (χ4v) is 6.23. The number of benzene rings is 1. The zero-order chi connectivity index (χ0) is 23.8.